The van der Waals surface area contributed by atoms with Gasteiger partial charge in [-0.15, -0.1) is 0 Å². The van der Waals surface area contributed by atoms with Crippen LogP contribution in [0.5, 0.6) is 0 Å². The van der Waals surface area contributed by atoms with Crippen molar-refractivity contribution >= 4 is 11.6 Å². The highest BCUT2D eigenvalue weighted by molar-refractivity contribution is 5.94. The van der Waals surface area contributed by atoms with Crippen LogP contribution < -0.4 is 5.32 Å². The number of nitrogens with one attached hydrogen (secondary N) is 1. The maximum Gasteiger partial charge on any atom is 0.417 e. The summed E-state index contributed by atoms with van der Waals surface area (Å²) < 4.78 is 69.8. The molecule has 0 fully saturated rings. The zero-order valence-electron chi connectivity index (χ0n) is 12.2. The molecule has 0 spiro atoms. The van der Waals surface area contributed by atoms with E-state index in [1.165, 1.54) is 6.20 Å². The fourth-order valence-electron chi connectivity index (χ4n) is 2.20. The van der Waals surface area contributed by atoms with Gasteiger partial charge in [0, 0.05) is 6.20 Å². The molecule has 0 saturated carbocycles. The number of fused-ring (bicyclic) bond motifs is 1. The molecule has 11 heteroatoms. The Hall–Kier alpha value is -2.98. The minimum atomic E-state index is -4.70. The standard InChI is InChI=1S/C14H9F5N4O2/c15-11(16)4-22-13(24)9-2-21-12-8(10-3-20-6-25-10)1-7(5-23(9)12)14(17,18)19/h1-3,5-6,11H,4H2,(H,22,24). The van der Waals surface area contributed by atoms with E-state index >= 15 is 0 Å². The lowest BCUT2D eigenvalue weighted by Gasteiger charge is -2.11. The number of aromatic nitrogens is 3. The quantitative estimate of drug-likeness (QED) is 0.726. The molecule has 3 heterocycles. The number of carbonyl (C=O) groups excluding carboxylic acids is 1. The molecule has 0 radical (unpaired) electrons. The summed E-state index contributed by atoms with van der Waals surface area (Å²) in [6, 6.07) is 0.809. The van der Waals surface area contributed by atoms with Crippen LogP contribution in [0.2, 0.25) is 0 Å². The highest BCUT2D eigenvalue weighted by atomic mass is 19.4. The molecule has 0 atom stereocenters. The number of nitrogens with zero attached hydrogens (tertiary/aromatic N) is 3. The molecule has 0 aliphatic heterocycles. The van der Waals surface area contributed by atoms with E-state index in [9.17, 15) is 26.7 Å². The maximum absolute atomic E-state index is 13.2. The van der Waals surface area contributed by atoms with Gasteiger partial charge in [0.1, 0.15) is 11.3 Å². The first-order chi connectivity index (χ1) is 11.8. The number of amides is 1. The zero-order valence-corrected chi connectivity index (χ0v) is 12.2. The van der Waals surface area contributed by atoms with E-state index in [0.29, 0.717) is 6.20 Å². The average Bonchev–Trinajstić information content (AvgIpc) is 3.20. The third kappa shape index (κ3) is 3.30. The number of carbonyl (C=O) groups is 1. The Morgan fingerprint density at radius 3 is 2.68 bits per heavy atom. The van der Waals surface area contributed by atoms with Crippen molar-refractivity contribution in [1.82, 2.24) is 19.7 Å². The van der Waals surface area contributed by atoms with Gasteiger partial charge in [0.25, 0.3) is 12.3 Å². The fourth-order valence-corrected chi connectivity index (χ4v) is 2.20. The third-order valence-electron chi connectivity index (χ3n) is 3.28. The van der Waals surface area contributed by atoms with Crippen LogP contribution in [-0.2, 0) is 6.18 Å². The van der Waals surface area contributed by atoms with Gasteiger partial charge in [-0.05, 0) is 6.07 Å². The van der Waals surface area contributed by atoms with Crippen LogP contribution in [0.1, 0.15) is 16.1 Å². The summed E-state index contributed by atoms with van der Waals surface area (Å²) in [5, 5.41) is 1.92. The summed E-state index contributed by atoms with van der Waals surface area (Å²) in [4.78, 5) is 19.5. The lowest BCUT2D eigenvalue weighted by atomic mass is 10.1. The number of pyridine rings is 1. The predicted molar refractivity (Wildman–Crippen MR) is 74.0 cm³/mol. The fraction of sp³-hybridized carbons (Fsp3) is 0.214. The molecular weight excluding hydrogens is 351 g/mol. The second kappa shape index (κ2) is 6.15. The van der Waals surface area contributed by atoms with E-state index in [-0.39, 0.29) is 22.7 Å². The lowest BCUT2D eigenvalue weighted by Crippen LogP contribution is -2.29. The van der Waals surface area contributed by atoms with E-state index in [0.717, 1.165) is 23.1 Å². The first-order valence-corrected chi connectivity index (χ1v) is 6.81. The Morgan fingerprint density at radius 1 is 1.32 bits per heavy atom. The van der Waals surface area contributed by atoms with Crippen molar-refractivity contribution in [1.29, 1.82) is 0 Å². The second-order valence-corrected chi connectivity index (χ2v) is 4.94. The van der Waals surface area contributed by atoms with Crippen molar-refractivity contribution in [2.24, 2.45) is 0 Å². The van der Waals surface area contributed by atoms with Crippen molar-refractivity contribution in [2.45, 2.75) is 12.6 Å². The van der Waals surface area contributed by atoms with Gasteiger partial charge in [-0.3, -0.25) is 9.20 Å². The summed E-state index contributed by atoms with van der Waals surface area (Å²) >= 11 is 0. The van der Waals surface area contributed by atoms with Crippen molar-refractivity contribution in [3.8, 4) is 11.3 Å². The van der Waals surface area contributed by atoms with E-state index < -0.39 is 30.6 Å². The van der Waals surface area contributed by atoms with Crippen molar-refractivity contribution in [3.63, 3.8) is 0 Å². The van der Waals surface area contributed by atoms with Gasteiger partial charge in [-0.2, -0.15) is 13.2 Å². The van der Waals surface area contributed by atoms with Crippen LogP contribution in [0.3, 0.4) is 0 Å². The second-order valence-electron chi connectivity index (χ2n) is 4.94. The van der Waals surface area contributed by atoms with Crippen LogP contribution in [0.25, 0.3) is 17.0 Å². The Bertz CT molecular complexity index is 902. The number of hydrogen-bond donors (Lipinski definition) is 1. The molecule has 0 unspecified atom stereocenters. The van der Waals surface area contributed by atoms with E-state index in [1.807, 2.05) is 5.32 Å². The monoisotopic (exact) mass is 360 g/mol. The highest BCUT2D eigenvalue weighted by Gasteiger charge is 2.33. The molecule has 3 aromatic rings. The highest BCUT2D eigenvalue weighted by Crippen LogP contribution is 2.34. The number of halogens is 5. The summed E-state index contributed by atoms with van der Waals surface area (Å²) in [7, 11) is 0. The Morgan fingerprint density at radius 2 is 2.08 bits per heavy atom. The van der Waals surface area contributed by atoms with Crippen LogP contribution >= 0.6 is 0 Å². The Balaban J connectivity index is 2.16. The number of imidazole rings is 1. The normalized spacial score (nSPS) is 12.1. The van der Waals surface area contributed by atoms with Gasteiger partial charge in [0.05, 0.1) is 30.1 Å². The molecule has 0 bridgehead atoms. The number of oxazole rings is 1. The van der Waals surface area contributed by atoms with Gasteiger partial charge in [-0.25, -0.2) is 18.7 Å². The average molecular weight is 360 g/mol. The van der Waals surface area contributed by atoms with Gasteiger partial charge >= 0.3 is 6.18 Å². The smallest absolute Gasteiger partial charge is 0.417 e. The van der Waals surface area contributed by atoms with Crippen molar-refractivity contribution in [2.75, 3.05) is 6.54 Å². The Labute approximate surface area is 136 Å². The molecule has 3 rings (SSSR count). The Kier molecular flexibility index (Phi) is 4.15. The summed E-state index contributed by atoms with van der Waals surface area (Å²) in [6.45, 7) is -0.931. The van der Waals surface area contributed by atoms with Crippen molar-refractivity contribution < 1.29 is 31.2 Å². The van der Waals surface area contributed by atoms with Gasteiger partial charge in [0.2, 0.25) is 0 Å². The molecule has 0 aliphatic rings. The molecule has 132 valence electrons. The van der Waals surface area contributed by atoms with Crippen LogP contribution in [-0.4, -0.2) is 33.2 Å². The molecule has 6 nitrogen and oxygen atoms in total. The van der Waals surface area contributed by atoms with E-state index in [2.05, 4.69) is 9.97 Å². The first-order valence-electron chi connectivity index (χ1n) is 6.81. The molecule has 0 aromatic carbocycles. The topological polar surface area (TPSA) is 72.4 Å². The summed E-state index contributed by atoms with van der Waals surface area (Å²) in [5.74, 6) is -0.961. The predicted octanol–water partition coefficient (Wildman–Crippen LogP) is 3.00. The van der Waals surface area contributed by atoms with Gasteiger partial charge < -0.3 is 9.73 Å². The maximum atomic E-state index is 13.2. The molecular formula is C14H9F5N4O2. The summed E-state index contributed by atoms with van der Waals surface area (Å²) in [5.41, 5.74) is -1.43. The number of rotatable bonds is 4. The minimum Gasteiger partial charge on any atom is -0.443 e. The first kappa shape index (κ1) is 16.9. The molecule has 25 heavy (non-hydrogen) atoms. The molecule has 3 aromatic heterocycles. The number of alkyl halides is 5. The van der Waals surface area contributed by atoms with E-state index in [1.54, 1.807) is 0 Å². The summed E-state index contributed by atoms with van der Waals surface area (Å²) in [6.07, 6.45) is -3.61. The van der Waals surface area contributed by atoms with Crippen LogP contribution in [0.4, 0.5) is 22.0 Å². The van der Waals surface area contributed by atoms with Gasteiger partial charge in [0.15, 0.2) is 12.2 Å². The molecule has 1 amide bonds. The molecule has 0 saturated heterocycles. The van der Waals surface area contributed by atoms with E-state index in [4.69, 9.17) is 4.42 Å². The van der Waals surface area contributed by atoms with Crippen LogP contribution in [0, 0.1) is 0 Å². The SMILES string of the molecule is O=C(NCC(F)F)c1cnc2c(-c3cnco3)cc(C(F)(F)F)cn12. The van der Waals surface area contributed by atoms with Crippen LogP contribution in [0.15, 0.2) is 35.5 Å². The zero-order chi connectivity index (χ0) is 18.2. The minimum absolute atomic E-state index is 0.00746. The molecule has 0 aliphatic carbocycles. The third-order valence-corrected chi connectivity index (χ3v) is 3.28. The van der Waals surface area contributed by atoms with Crippen molar-refractivity contribution in [3.05, 3.63) is 42.3 Å². The molecule has 1 N–H and O–H groups in total. The largest absolute Gasteiger partial charge is 0.443 e. The lowest BCUT2D eigenvalue weighted by molar-refractivity contribution is -0.137. The van der Waals surface area contributed by atoms with Gasteiger partial charge in [-0.1, -0.05) is 0 Å². The number of hydrogen-bond acceptors (Lipinski definition) is 4.